The molecule has 1 aliphatic rings. The Balaban J connectivity index is 0.00000364. The van der Waals surface area contributed by atoms with Crippen LogP contribution in [0.25, 0.3) is 0 Å². The Kier molecular flexibility index (Phi) is 11.2. The topological polar surface area (TPSA) is 65.9 Å². The van der Waals surface area contributed by atoms with E-state index in [9.17, 15) is 5.11 Å². The first-order valence-corrected chi connectivity index (χ1v) is 10.6. The lowest BCUT2D eigenvalue weighted by Crippen LogP contribution is -2.53. The number of hydrogen-bond acceptors (Lipinski definition) is 4. The van der Waals surface area contributed by atoms with Crippen LogP contribution in [0.4, 0.5) is 0 Å². The second-order valence-corrected chi connectivity index (χ2v) is 8.30. The summed E-state index contributed by atoms with van der Waals surface area (Å²) in [5.74, 6) is 2.52. The van der Waals surface area contributed by atoms with Crippen molar-refractivity contribution in [3.05, 3.63) is 28.8 Å². The largest absolute Gasteiger partial charge is 0.497 e. The van der Waals surface area contributed by atoms with Gasteiger partial charge in [0.2, 0.25) is 0 Å². The van der Waals surface area contributed by atoms with E-state index in [2.05, 4.69) is 22.5 Å². The first-order valence-electron chi connectivity index (χ1n) is 9.21. The van der Waals surface area contributed by atoms with Gasteiger partial charge in [-0.1, -0.05) is 24.6 Å². The summed E-state index contributed by atoms with van der Waals surface area (Å²) in [5, 5.41) is 18.3. The van der Waals surface area contributed by atoms with Gasteiger partial charge in [0.1, 0.15) is 5.75 Å². The molecular weight excluding hydrogens is 497 g/mol. The molecule has 0 radical (unpaired) electrons. The quantitative estimate of drug-likeness (QED) is 0.260. The Morgan fingerprint density at radius 1 is 1.41 bits per heavy atom. The molecule has 8 heteroatoms. The molecule has 3 N–H and O–H groups in total. The van der Waals surface area contributed by atoms with Crippen molar-refractivity contribution >= 4 is 53.3 Å². The zero-order chi connectivity index (χ0) is 19.0. The molecule has 1 aliphatic carbocycles. The highest BCUT2D eigenvalue weighted by Gasteiger charge is 2.45. The fraction of sp³-hybridized carbons (Fsp3) is 0.632. The van der Waals surface area contributed by atoms with Gasteiger partial charge in [0, 0.05) is 23.4 Å². The maximum Gasteiger partial charge on any atom is 0.191 e. The Hall–Kier alpha value is -0.380. The fourth-order valence-corrected chi connectivity index (χ4v) is 4.40. The summed E-state index contributed by atoms with van der Waals surface area (Å²) in [4.78, 5) is 4.60. The molecule has 154 valence electrons. The molecule has 0 spiro atoms. The number of hydrogen-bond donors (Lipinski definition) is 3. The summed E-state index contributed by atoms with van der Waals surface area (Å²) in [6, 6.07) is 5.72. The predicted octanol–water partition coefficient (Wildman–Crippen LogP) is 3.71. The summed E-state index contributed by atoms with van der Waals surface area (Å²) in [6.45, 7) is 6.08. The lowest BCUT2D eigenvalue weighted by Gasteiger charge is -2.44. The van der Waals surface area contributed by atoms with Crippen molar-refractivity contribution in [3.8, 4) is 5.75 Å². The number of ether oxygens (including phenoxy) is 1. The van der Waals surface area contributed by atoms with Crippen molar-refractivity contribution in [2.75, 3.05) is 32.5 Å². The molecule has 0 saturated heterocycles. The molecule has 1 aromatic carbocycles. The van der Waals surface area contributed by atoms with Crippen LogP contribution in [0.3, 0.4) is 0 Å². The number of halogens is 2. The molecule has 2 atom stereocenters. The second-order valence-electron chi connectivity index (χ2n) is 6.42. The van der Waals surface area contributed by atoms with E-state index in [-0.39, 0.29) is 24.0 Å². The number of benzene rings is 1. The number of nitrogens with one attached hydrogen (secondary N) is 2. The average molecular weight is 528 g/mol. The van der Waals surface area contributed by atoms with E-state index in [1.54, 1.807) is 7.11 Å². The van der Waals surface area contributed by atoms with Crippen molar-refractivity contribution in [3.63, 3.8) is 0 Å². The molecule has 0 amide bonds. The number of methoxy groups -OCH3 is 1. The van der Waals surface area contributed by atoms with Crippen LogP contribution < -0.4 is 15.4 Å². The maximum atomic E-state index is 10.7. The van der Waals surface area contributed by atoms with Crippen LogP contribution in [0, 0.1) is 0 Å². The third kappa shape index (κ3) is 7.18. The van der Waals surface area contributed by atoms with Crippen molar-refractivity contribution < 1.29 is 9.84 Å². The van der Waals surface area contributed by atoms with Gasteiger partial charge in [-0.05, 0) is 49.6 Å². The molecule has 2 rings (SSSR count). The van der Waals surface area contributed by atoms with Crippen LogP contribution >= 0.6 is 47.3 Å². The Morgan fingerprint density at radius 3 is 2.74 bits per heavy atom. The van der Waals surface area contributed by atoms with E-state index in [0.717, 1.165) is 48.8 Å². The Morgan fingerprint density at radius 2 is 2.19 bits per heavy atom. The smallest absolute Gasteiger partial charge is 0.191 e. The van der Waals surface area contributed by atoms with Crippen LogP contribution in [0.2, 0.25) is 5.02 Å². The van der Waals surface area contributed by atoms with Crippen LogP contribution in [-0.2, 0) is 6.42 Å². The summed E-state index contributed by atoms with van der Waals surface area (Å²) >= 11 is 8.11. The first-order chi connectivity index (χ1) is 12.5. The Labute approximate surface area is 189 Å². The summed E-state index contributed by atoms with van der Waals surface area (Å²) in [5.41, 5.74) is 0.398. The number of rotatable bonds is 9. The number of guanidine groups is 1. The monoisotopic (exact) mass is 527 g/mol. The molecule has 0 aromatic heterocycles. The normalized spacial score (nSPS) is 21.8. The number of aliphatic hydroxyl groups is 1. The molecule has 27 heavy (non-hydrogen) atoms. The van der Waals surface area contributed by atoms with Gasteiger partial charge >= 0.3 is 0 Å². The van der Waals surface area contributed by atoms with Crippen molar-refractivity contribution in [2.24, 2.45) is 4.99 Å². The second kappa shape index (κ2) is 12.2. The average Bonchev–Trinajstić information content (AvgIpc) is 2.64. The van der Waals surface area contributed by atoms with Gasteiger partial charge in [-0.15, -0.1) is 24.0 Å². The van der Waals surface area contributed by atoms with Crippen molar-refractivity contribution in [2.45, 2.75) is 44.0 Å². The van der Waals surface area contributed by atoms with Gasteiger partial charge in [-0.3, -0.25) is 4.99 Å². The molecule has 0 bridgehead atoms. The summed E-state index contributed by atoms with van der Waals surface area (Å²) in [7, 11) is 1.63. The molecule has 1 fully saturated rings. The lowest BCUT2D eigenvalue weighted by atomic mass is 9.79. The van der Waals surface area contributed by atoms with Gasteiger partial charge < -0.3 is 20.5 Å². The van der Waals surface area contributed by atoms with Crippen LogP contribution in [0.5, 0.6) is 5.75 Å². The number of thioether (sulfide) groups is 1. The number of nitrogens with zero attached hydrogens (tertiary/aromatic N) is 1. The van der Waals surface area contributed by atoms with Gasteiger partial charge in [-0.25, -0.2) is 0 Å². The predicted molar refractivity (Wildman–Crippen MR) is 127 cm³/mol. The van der Waals surface area contributed by atoms with E-state index in [4.69, 9.17) is 16.3 Å². The molecule has 1 saturated carbocycles. The van der Waals surface area contributed by atoms with Crippen molar-refractivity contribution in [1.82, 2.24) is 10.6 Å². The molecule has 0 aliphatic heterocycles. The highest BCUT2D eigenvalue weighted by Crippen LogP contribution is 2.41. The van der Waals surface area contributed by atoms with E-state index in [1.807, 2.05) is 36.9 Å². The van der Waals surface area contributed by atoms with E-state index in [1.165, 1.54) is 0 Å². The highest BCUT2D eigenvalue weighted by molar-refractivity contribution is 14.0. The van der Waals surface area contributed by atoms with E-state index < -0.39 is 5.60 Å². The minimum absolute atomic E-state index is 0. The van der Waals surface area contributed by atoms with Gasteiger partial charge in [0.05, 0.1) is 19.3 Å². The molecule has 5 nitrogen and oxygen atoms in total. The standard InChI is InChI=1S/C19H30ClN3O2S.HI/c1-4-21-18(23-13-19(24)10-8-17(19)26-5-2)22-11-9-14-6-7-15(25-3)12-16(14)20;/h6-7,12,17,24H,4-5,8-11,13H2,1-3H3,(H2,21,22,23);1H. The zero-order valence-electron chi connectivity index (χ0n) is 16.3. The number of aliphatic imine (C=N–C) groups is 1. The van der Waals surface area contributed by atoms with Gasteiger partial charge in [0.25, 0.3) is 0 Å². The minimum Gasteiger partial charge on any atom is -0.497 e. The molecule has 0 heterocycles. The lowest BCUT2D eigenvalue weighted by molar-refractivity contribution is -0.0154. The van der Waals surface area contributed by atoms with Gasteiger partial charge in [-0.2, -0.15) is 11.8 Å². The molecule has 2 unspecified atom stereocenters. The fourth-order valence-electron chi connectivity index (χ4n) is 2.95. The Bertz CT molecular complexity index is 621. The van der Waals surface area contributed by atoms with Crippen LogP contribution in [0.1, 0.15) is 32.3 Å². The van der Waals surface area contributed by atoms with Crippen LogP contribution in [0.15, 0.2) is 23.2 Å². The van der Waals surface area contributed by atoms with Crippen molar-refractivity contribution in [1.29, 1.82) is 0 Å². The highest BCUT2D eigenvalue weighted by atomic mass is 127. The molecular formula is C19H31ClIN3O2S. The summed E-state index contributed by atoms with van der Waals surface area (Å²) < 4.78 is 5.18. The SMILES string of the molecule is CCNC(=NCC1(O)CCC1SCC)NCCc1ccc(OC)cc1Cl.I. The van der Waals surface area contributed by atoms with Crippen LogP contribution in [-0.4, -0.2) is 54.4 Å². The summed E-state index contributed by atoms with van der Waals surface area (Å²) in [6.07, 6.45) is 2.69. The molecule has 1 aromatic rings. The minimum atomic E-state index is -0.664. The van der Waals surface area contributed by atoms with Gasteiger partial charge in [0.15, 0.2) is 5.96 Å². The van der Waals surface area contributed by atoms with E-state index >= 15 is 0 Å². The third-order valence-electron chi connectivity index (χ3n) is 4.61. The first kappa shape index (κ1) is 24.7. The maximum absolute atomic E-state index is 10.7. The zero-order valence-corrected chi connectivity index (χ0v) is 20.2. The third-order valence-corrected chi connectivity index (χ3v) is 6.37. The van der Waals surface area contributed by atoms with E-state index in [0.29, 0.717) is 23.4 Å².